The molecule has 2 saturated heterocycles. The summed E-state index contributed by atoms with van der Waals surface area (Å²) in [4.78, 5) is 4.23. The van der Waals surface area contributed by atoms with Gasteiger partial charge in [0, 0.05) is 18.2 Å². The Labute approximate surface area is 72.9 Å². The minimum atomic E-state index is 0.536. The van der Waals surface area contributed by atoms with Gasteiger partial charge in [-0.25, -0.2) is 10.8 Å². The fourth-order valence-electron chi connectivity index (χ4n) is 2.28. The number of fused-ring (bicyclic) bond motifs is 3. The van der Waals surface area contributed by atoms with Gasteiger partial charge in [0.05, 0.1) is 0 Å². The zero-order valence-electron chi connectivity index (χ0n) is 7.24. The molecule has 3 aliphatic rings. The van der Waals surface area contributed by atoms with Crippen molar-refractivity contribution in [2.45, 2.75) is 31.7 Å². The molecule has 0 aromatic rings. The normalized spacial score (nSPS) is 37.4. The quantitative estimate of drug-likeness (QED) is 0.595. The van der Waals surface area contributed by atoms with Gasteiger partial charge in [-0.3, -0.25) is 5.01 Å². The van der Waals surface area contributed by atoms with Crippen LogP contribution in [-0.4, -0.2) is 16.9 Å². The molecule has 0 spiro atoms. The first kappa shape index (κ1) is 7.80. The molecular weight excluding hydrogens is 150 g/mol. The van der Waals surface area contributed by atoms with E-state index in [1.165, 1.54) is 25.7 Å². The lowest BCUT2D eigenvalue weighted by atomic mass is 9.80. The molecule has 3 fully saturated rings. The molecule has 2 bridgehead atoms. The number of piperidine rings is 2. The zero-order chi connectivity index (χ0) is 8.55. The van der Waals surface area contributed by atoms with Gasteiger partial charge in [0.2, 0.25) is 0 Å². The first-order chi connectivity index (χ1) is 5.83. The van der Waals surface area contributed by atoms with Gasteiger partial charge < -0.3 is 0 Å². The molecule has 0 aromatic heterocycles. The molecule has 12 heavy (non-hydrogen) atoms. The maximum Gasteiger partial charge on any atom is 0.121 e. The molecular formula is C9H15N3. The van der Waals surface area contributed by atoms with Crippen LogP contribution in [0.25, 0.3) is 0 Å². The average Bonchev–Trinajstić information content (AvgIpc) is 2.12. The maximum absolute atomic E-state index is 5.90. The number of amidine groups is 1. The largest absolute Gasteiger partial charge is 0.295 e. The van der Waals surface area contributed by atoms with E-state index in [1.54, 1.807) is 6.20 Å². The van der Waals surface area contributed by atoms with Crippen LogP contribution >= 0.6 is 0 Å². The molecule has 3 nitrogen and oxygen atoms in total. The van der Waals surface area contributed by atoms with Crippen molar-refractivity contribution in [2.24, 2.45) is 16.8 Å². The predicted molar refractivity (Wildman–Crippen MR) is 49.4 cm³/mol. The zero-order valence-corrected chi connectivity index (χ0v) is 7.24. The highest BCUT2D eigenvalue weighted by Gasteiger charge is 2.36. The molecule has 2 N–H and O–H groups in total. The van der Waals surface area contributed by atoms with Crippen LogP contribution in [0.3, 0.4) is 0 Å². The second-order valence-corrected chi connectivity index (χ2v) is 3.58. The summed E-state index contributed by atoms with van der Waals surface area (Å²) in [5, 5.41) is 1.85. The van der Waals surface area contributed by atoms with Crippen LogP contribution in [0.2, 0.25) is 0 Å². The summed E-state index contributed by atoms with van der Waals surface area (Å²) in [7, 11) is 0. The SMILES string of the molecule is C=CN=C1C2CCC(CC2)N1N. The summed E-state index contributed by atoms with van der Waals surface area (Å²) in [6, 6.07) is 0.536. The number of aliphatic imine (C=N–C) groups is 1. The van der Waals surface area contributed by atoms with E-state index in [4.69, 9.17) is 5.84 Å². The van der Waals surface area contributed by atoms with Gasteiger partial charge in [0.1, 0.15) is 5.84 Å². The molecule has 2 heterocycles. The fraction of sp³-hybridized carbons (Fsp3) is 0.667. The lowest BCUT2D eigenvalue weighted by molar-refractivity contribution is 0.172. The van der Waals surface area contributed by atoms with Gasteiger partial charge in [-0.05, 0) is 25.7 Å². The van der Waals surface area contributed by atoms with E-state index < -0.39 is 0 Å². The van der Waals surface area contributed by atoms with Gasteiger partial charge in [0.25, 0.3) is 0 Å². The highest BCUT2D eigenvalue weighted by molar-refractivity contribution is 5.86. The van der Waals surface area contributed by atoms with Gasteiger partial charge in [-0.1, -0.05) is 6.58 Å². The Morgan fingerprint density at radius 2 is 2.08 bits per heavy atom. The second kappa shape index (κ2) is 2.90. The summed E-state index contributed by atoms with van der Waals surface area (Å²) < 4.78 is 0. The van der Waals surface area contributed by atoms with Crippen LogP contribution in [0.5, 0.6) is 0 Å². The minimum absolute atomic E-state index is 0.536. The maximum atomic E-state index is 5.90. The number of hydrogen-bond donors (Lipinski definition) is 1. The van der Waals surface area contributed by atoms with E-state index >= 15 is 0 Å². The van der Waals surface area contributed by atoms with Crippen LogP contribution < -0.4 is 5.84 Å². The summed E-state index contributed by atoms with van der Waals surface area (Å²) in [6.07, 6.45) is 6.57. The van der Waals surface area contributed by atoms with E-state index in [0.29, 0.717) is 12.0 Å². The van der Waals surface area contributed by atoms with Crippen LogP contribution in [0, 0.1) is 5.92 Å². The van der Waals surface area contributed by atoms with Crippen molar-refractivity contribution in [1.29, 1.82) is 0 Å². The molecule has 0 amide bonds. The summed E-state index contributed by atoms with van der Waals surface area (Å²) in [5.41, 5.74) is 0. The van der Waals surface area contributed by atoms with E-state index in [1.807, 2.05) is 5.01 Å². The predicted octanol–water partition coefficient (Wildman–Crippen LogP) is 1.28. The summed E-state index contributed by atoms with van der Waals surface area (Å²) in [5.74, 6) is 7.55. The molecule has 0 atom stereocenters. The van der Waals surface area contributed by atoms with Crippen molar-refractivity contribution in [3.63, 3.8) is 0 Å². The molecule has 1 aliphatic carbocycles. The molecule has 2 aliphatic heterocycles. The molecule has 3 heteroatoms. The van der Waals surface area contributed by atoms with Crippen molar-refractivity contribution < 1.29 is 0 Å². The van der Waals surface area contributed by atoms with E-state index in [0.717, 1.165) is 5.84 Å². The lowest BCUT2D eigenvalue weighted by Crippen LogP contribution is -2.55. The Kier molecular flexibility index (Phi) is 1.89. The second-order valence-electron chi connectivity index (χ2n) is 3.58. The summed E-state index contributed by atoms with van der Waals surface area (Å²) in [6.45, 7) is 3.60. The third-order valence-corrected chi connectivity index (χ3v) is 2.94. The first-order valence-electron chi connectivity index (χ1n) is 4.55. The number of nitrogens with zero attached hydrogens (tertiary/aromatic N) is 2. The van der Waals surface area contributed by atoms with Crippen molar-refractivity contribution in [1.82, 2.24) is 5.01 Å². The van der Waals surface area contributed by atoms with Crippen molar-refractivity contribution in [3.8, 4) is 0 Å². The third-order valence-electron chi connectivity index (χ3n) is 2.94. The molecule has 1 saturated carbocycles. The van der Waals surface area contributed by atoms with Crippen molar-refractivity contribution in [3.05, 3.63) is 12.8 Å². The van der Waals surface area contributed by atoms with Crippen molar-refractivity contribution >= 4 is 5.84 Å². The fourth-order valence-corrected chi connectivity index (χ4v) is 2.28. The van der Waals surface area contributed by atoms with Crippen LogP contribution in [0.4, 0.5) is 0 Å². The topological polar surface area (TPSA) is 41.6 Å². The smallest absolute Gasteiger partial charge is 0.121 e. The molecule has 0 aromatic carbocycles. The Morgan fingerprint density at radius 1 is 1.42 bits per heavy atom. The highest BCUT2D eigenvalue weighted by Crippen LogP contribution is 2.34. The standard InChI is InChI=1S/C9H15N3/c1-2-11-9-7-3-5-8(6-4-7)12(9)10/h2,7-8H,1,3-6,10H2. The Morgan fingerprint density at radius 3 is 2.58 bits per heavy atom. The summed E-state index contributed by atoms with van der Waals surface area (Å²) >= 11 is 0. The van der Waals surface area contributed by atoms with E-state index in [2.05, 4.69) is 11.6 Å². The minimum Gasteiger partial charge on any atom is -0.295 e. The van der Waals surface area contributed by atoms with E-state index in [9.17, 15) is 0 Å². The van der Waals surface area contributed by atoms with Crippen LogP contribution in [-0.2, 0) is 0 Å². The first-order valence-corrected chi connectivity index (χ1v) is 4.55. The monoisotopic (exact) mass is 165 g/mol. The number of hydrazine groups is 1. The van der Waals surface area contributed by atoms with Gasteiger partial charge in [0.15, 0.2) is 0 Å². The Balaban J connectivity index is 2.23. The lowest BCUT2D eigenvalue weighted by Gasteiger charge is -2.44. The van der Waals surface area contributed by atoms with Gasteiger partial charge >= 0.3 is 0 Å². The molecule has 0 unspecified atom stereocenters. The van der Waals surface area contributed by atoms with E-state index in [-0.39, 0.29) is 0 Å². The molecule has 66 valence electrons. The third kappa shape index (κ3) is 1.05. The Hall–Kier alpha value is -0.830. The van der Waals surface area contributed by atoms with Crippen LogP contribution in [0.1, 0.15) is 25.7 Å². The molecule has 0 radical (unpaired) electrons. The van der Waals surface area contributed by atoms with Gasteiger partial charge in [-0.15, -0.1) is 0 Å². The number of rotatable bonds is 1. The van der Waals surface area contributed by atoms with Crippen LogP contribution in [0.15, 0.2) is 17.8 Å². The number of hydrogen-bond acceptors (Lipinski definition) is 2. The Bertz CT molecular complexity index is 210. The van der Waals surface area contributed by atoms with Gasteiger partial charge in [-0.2, -0.15) is 0 Å². The average molecular weight is 165 g/mol. The highest BCUT2D eigenvalue weighted by atomic mass is 15.5. The molecule has 3 rings (SSSR count). The number of nitrogens with two attached hydrogens (primary N) is 1. The van der Waals surface area contributed by atoms with Crippen molar-refractivity contribution in [2.75, 3.05) is 0 Å².